The SMILES string of the molecule is C=C/C(=C\C=C/C)c1nc(CCOC/C=C2/CC[C@@H](CC=O)/C2=C/C)c(CC)o1. The van der Waals surface area contributed by atoms with E-state index in [0.717, 1.165) is 42.6 Å². The molecule has 1 aliphatic carbocycles. The Hall–Kier alpha value is -2.46. The summed E-state index contributed by atoms with van der Waals surface area (Å²) in [5.74, 6) is 1.88. The second-order valence-electron chi connectivity index (χ2n) is 7.03. The zero-order valence-corrected chi connectivity index (χ0v) is 17.9. The first-order chi connectivity index (χ1) is 14.2. The van der Waals surface area contributed by atoms with Gasteiger partial charge in [0.15, 0.2) is 0 Å². The number of rotatable bonds is 11. The maximum atomic E-state index is 10.8. The minimum atomic E-state index is 0.374. The van der Waals surface area contributed by atoms with Crippen LogP contribution in [0.5, 0.6) is 0 Å². The van der Waals surface area contributed by atoms with Gasteiger partial charge in [-0.15, -0.1) is 0 Å². The summed E-state index contributed by atoms with van der Waals surface area (Å²) in [7, 11) is 0. The van der Waals surface area contributed by atoms with Crippen molar-refractivity contribution in [1.82, 2.24) is 4.98 Å². The number of allylic oxidation sites excluding steroid dienone is 8. The van der Waals surface area contributed by atoms with E-state index in [4.69, 9.17) is 9.15 Å². The number of hydrogen-bond donors (Lipinski definition) is 0. The van der Waals surface area contributed by atoms with Gasteiger partial charge in [-0.05, 0) is 49.8 Å². The predicted octanol–water partition coefficient (Wildman–Crippen LogP) is 5.81. The topological polar surface area (TPSA) is 52.3 Å². The Kier molecular flexibility index (Phi) is 9.58. The Bertz CT molecular complexity index is 808. The number of hydrogen-bond acceptors (Lipinski definition) is 4. The molecule has 0 unspecified atom stereocenters. The molecule has 0 radical (unpaired) electrons. The number of nitrogens with zero attached hydrogens (tertiary/aromatic N) is 1. The zero-order chi connectivity index (χ0) is 21.1. The van der Waals surface area contributed by atoms with Crippen molar-refractivity contribution < 1.29 is 13.9 Å². The molecule has 1 atom stereocenters. The number of aromatic nitrogens is 1. The average Bonchev–Trinajstić information content (AvgIpc) is 3.32. The van der Waals surface area contributed by atoms with Gasteiger partial charge in [-0.1, -0.05) is 43.9 Å². The Morgan fingerprint density at radius 2 is 2.21 bits per heavy atom. The van der Waals surface area contributed by atoms with E-state index >= 15 is 0 Å². The molecular formula is C25H33NO3. The number of carbonyl (C=O) groups is 1. The maximum Gasteiger partial charge on any atom is 0.226 e. The van der Waals surface area contributed by atoms with E-state index in [1.807, 2.05) is 32.1 Å². The Labute approximate surface area is 174 Å². The van der Waals surface area contributed by atoms with Gasteiger partial charge >= 0.3 is 0 Å². The molecule has 0 N–H and O–H groups in total. The molecule has 1 saturated carbocycles. The summed E-state index contributed by atoms with van der Waals surface area (Å²) >= 11 is 0. The van der Waals surface area contributed by atoms with Crippen molar-refractivity contribution in [3.8, 4) is 0 Å². The van der Waals surface area contributed by atoms with Gasteiger partial charge in [0.25, 0.3) is 0 Å². The van der Waals surface area contributed by atoms with Crippen LogP contribution in [0.3, 0.4) is 0 Å². The second-order valence-corrected chi connectivity index (χ2v) is 7.03. The van der Waals surface area contributed by atoms with Gasteiger partial charge in [-0.25, -0.2) is 4.98 Å². The highest BCUT2D eigenvalue weighted by molar-refractivity contribution is 5.69. The summed E-state index contributed by atoms with van der Waals surface area (Å²) in [5, 5.41) is 0. The summed E-state index contributed by atoms with van der Waals surface area (Å²) in [6, 6.07) is 0. The number of carbonyl (C=O) groups excluding carboxylic acids is 1. The van der Waals surface area contributed by atoms with Crippen LogP contribution < -0.4 is 0 Å². The highest BCUT2D eigenvalue weighted by Gasteiger charge is 2.23. The fourth-order valence-electron chi connectivity index (χ4n) is 3.71. The molecule has 1 aromatic rings. The lowest BCUT2D eigenvalue weighted by Crippen LogP contribution is -2.02. The molecule has 29 heavy (non-hydrogen) atoms. The van der Waals surface area contributed by atoms with Crippen LogP contribution in [-0.2, 0) is 22.4 Å². The third-order valence-corrected chi connectivity index (χ3v) is 5.23. The van der Waals surface area contributed by atoms with Crippen LogP contribution in [0, 0.1) is 5.92 Å². The Morgan fingerprint density at radius 1 is 1.38 bits per heavy atom. The molecule has 0 saturated heterocycles. The minimum absolute atomic E-state index is 0.374. The van der Waals surface area contributed by atoms with Crippen molar-refractivity contribution in [2.24, 2.45) is 5.92 Å². The first-order valence-electron chi connectivity index (χ1n) is 10.5. The summed E-state index contributed by atoms with van der Waals surface area (Å²) in [6.07, 6.45) is 17.1. The van der Waals surface area contributed by atoms with E-state index in [-0.39, 0.29) is 0 Å². The number of ether oxygens (including phenoxy) is 1. The molecule has 0 aromatic carbocycles. The van der Waals surface area contributed by atoms with Crippen LogP contribution in [0.2, 0.25) is 0 Å². The van der Waals surface area contributed by atoms with Crippen LogP contribution >= 0.6 is 0 Å². The monoisotopic (exact) mass is 395 g/mol. The lowest BCUT2D eigenvalue weighted by Gasteiger charge is -2.08. The van der Waals surface area contributed by atoms with Gasteiger partial charge in [0, 0.05) is 24.8 Å². The van der Waals surface area contributed by atoms with Crippen molar-refractivity contribution in [1.29, 1.82) is 0 Å². The van der Waals surface area contributed by atoms with Crippen molar-refractivity contribution in [2.75, 3.05) is 13.2 Å². The summed E-state index contributed by atoms with van der Waals surface area (Å²) in [6.45, 7) is 11.1. The van der Waals surface area contributed by atoms with Crippen molar-refractivity contribution in [3.05, 3.63) is 71.5 Å². The van der Waals surface area contributed by atoms with E-state index in [2.05, 4.69) is 30.6 Å². The zero-order valence-electron chi connectivity index (χ0n) is 17.9. The van der Waals surface area contributed by atoms with Crippen molar-refractivity contribution in [2.45, 2.75) is 52.9 Å². The maximum absolute atomic E-state index is 10.8. The van der Waals surface area contributed by atoms with Gasteiger partial charge in [0.05, 0.1) is 18.9 Å². The molecular weight excluding hydrogens is 362 g/mol. The largest absolute Gasteiger partial charge is 0.441 e. The standard InChI is InChI=1S/C25H33NO3/c1-5-9-10-19(6-2)25-26-23(24(8-4)29-25)15-18-28-17-14-21-12-11-20(13-16-27)22(21)7-3/h5-7,9-10,14,16,20H,2,8,11-13,15,17-18H2,1,3-4H3/b9-5-,19-10+,21-14-,22-7-/t20-/m0/s1. The lowest BCUT2D eigenvalue weighted by atomic mass is 9.98. The van der Waals surface area contributed by atoms with Gasteiger partial charge < -0.3 is 13.9 Å². The quantitative estimate of drug-likeness (QED) is 0.269. The molecule has 156 valence electrons. The third-order valence-electron chi connectivity index (χ3n) is 5.23. The summed E-state index contributed by atoms with van der Waals surface area (Å²) < 4.78 is 11.8. The van der Waals surface area contributed by atoms with Crippen LogP contribution in [-0.4, -0.2) is 24.5 Å². The van der Waals surface area contributed by atoms with Gasteiger partial charge in [0.1, 0.15) is 12.0 Å². The third kappa shape index (κ3) is 6.26. The average molecular weight is 396 g/mol. The van der Waals surface area contributed by atoms with E-state index in [1.54, 1.807) is 6.08 Å². The highest BCUT2D eigenvalue weighted by atomic mass is 16.5. The minimum Gasteiger partial charge on any atom is -0.441 e. The smallest absolute Gasteiger partial charge is 0.226 e. The normalized spacial score (nSPS) is 20.2. The Morgan fingerprint density at radius 3 is 2.86 bits per heavy atom. The molecule has 1 fully saturated rings. The molecule has 0 amide bonds. The molecule has 2 rings (SSSR count). The first kappa shape index (κ1) is 22.8. The molecule has 1 heterocycles. The molecule has 0 aliphatic heterocycles. The van der Waals surface area contributed by atoms with Crippen molar-refractivity contribution in [3.63, 3.8) is 0 Å². The molecule has 0 spiro atoms. The summed E-state index contributed by atoms with van der Waals surface area (Å²) in [5.41, 5.74) is 4.45. The first-order valence-corrected chi connectivity index (χ1v) is 10.5. The van der Waals surface area contributed by atoms with Crippen LogP contribution in [0.15, 0.2) is 58.6 Å². The molecule has 4 nitrogen and oxygen atoms in total. The van der Waals surface area contributed by atoms with E-state index in [0.29, 0.717) is 37.9 Å². The highest BCUT2D eigenvalue weighted by Crippen LogP contribution is 2.37. The molecule has 1 aliphatic rings. The molecule has 1 aromatic heterocycles. The van der Waals surface area contributed by atoms with E-state index in [1.165, 1.54) is 11.1 Å². The summed E-state index contributed by atoms with van der Waals surface area (Å²) in [4.78, 5) is 15.5. The van der Waals surface area contributed by atoms with Crippen LogP contribution in [0.1, 0.15) is 57.4 Å². The van der Waals surface area contributed by atoms with Crippen molar-refractivity contribution >= 4 is 11.9 Å². The van der Waals surface area contributed by atoms with Gasteiger partial charge in [0.2, 0.25) is 5.89 Å². The van der Waals surface area contributed by atoms with Crippen LogP contribution in [0.4, 0.5) is 0 Å². The molecule has 0 bridgehead atoms. The number of aryl methyl sites for hydroxylation is 1. The van der Waals surface area contributed by atoms with E-state index < -0.39 is 0 Å². The number of oxazole rings is 1. The van der Waals surface area contributed by atoms with Gasteiger partial charge in [-0.2, -0.15) is 0 Å². The Balaban J connectivity index is 1.92. The fraction of sp³-hybridized carbons (Fsp3) is 0.440. The van der Waals surface area contributed by atoms with Crippen LogP contribution in [0.25, 0.3) is 5.57 Å². The van der Waals surface area contributed by atoms with Gasteiger partial charge in [-0.3, -0.25) is 0 Å². The second kappa shape index (κ2) is 12.2. The van der Waals surface area contributed by atoms with E-state index in [9.17, 15) is 4.79 Å². The number of aldehydes is 1. The molecule has 4 heteroatoms. The lowest BCUT2D eigenvalue weighted by molar-refractivity contribution is -0.108. The predicted molar refractivity (Wildman–Crippen MR) is 119 cm³/mol. The fourth-order valence-corrected chi connectivity index (χ4v) is 3.71.